The molecule has 0 spiro atoms. The number of ether oxygens (including phenoxy) is 2. The van der Waals surface area contributed by atoms with Crippen LogP contribution in [0.1, 0.15) is 12.8 Å². The van der Waals surface area contributed by atoms with Crippen molar-refractivity contribution in [3.8, 4) is 5.75 Å². The van der Waals surface area contributed by atoms with Gasteiger partial charge in [-0.3, -0.25) is 9.59 Å². The standard InChI is InChI=1S/C22H26N2O4/c25-21(16-28-20-7-3-5-17-4-1-2-6-19(17)20)23-10-8-18(9-11-23)22(26)24-12-14-27-15-13-24/h1-7,18H,8-16H2. The van der Waals surface area contributed by atoms with Crippen LogP contribution < -0.4 is 4.74 Å². The highest BCUT2D eigenvalue weighted by molar-refractivity contribution is 5.88. The van der Waals surface area contributed by atoms with E-state index in [-0.39, 0.29) is 24.3 Å². The van der Waals surface area contributed by atoms with E-state index in [0.29, 0.717) is 39.4 Å². The predicted molar refractivity (Wildman–Crippen MR) is 106 cm³/mol. The number of nitrogens with zero attached hydrogens (tertiary/aromatic N) is 2. The highest BCUT2D eigenvalue weighted by Crippen LogP contribution is 2.25. The number of hydrogen-bond acceptors (Lipinski definition) is 4. The van der Waals surface area contributed by atoms with Crippen molar-refractivity contribution < 1.29 is 19.1 Å². The van der Waals surface area contributed by atoms with E-state index in [1.54, 1.807) is 0 Å². The van der Waals surface area contributed by atoms with Gasteiger partial charge in [0.25, 0.3) is 5.91 Å². The lowest BCUT2D eigenvalue weighted by Crippen LogP contribution is -2.48. The Morgan fingerprint density at radius 2 is 1.64 bits per heavy atom. The third kappa shape index (κ3) is 4.12. The van der Waals surface area contributed by atoms with Crippen molar-refractivity contribution in [1.29, 1.82) is 0 Å². The lowest BCUT2D eigenvalue weighted by Gasteiger charge is -2.35. The predicted octanol–water partition coefficient (Wildman–Crippen LogP) is 2.32. The lowest BCUT2D eigenvalue weighted by atomic mass is 9.95. The number of morpholine rings is 1. The van der Waals surface area contributed by atoms with E-state index in [4.69, 9.17) is 9.47 Å². The summed E-state index contributed by atoms with van der Waals surface area (Å²) in [6.45, 7) is 3.84. The second-order valence-corrected chi connectivity index (χ2v) is 7.36. The number of likely N-dealkylation sites (tertiary alicyclic amines) is 1. The van der Waals surface area contributed by atoms with E-state index in [0.717, 1.165) is 29.4 Å². The van der Waals surface area contributed by atoms with Gasteiger partial charge in [-0.05, 0) is 24.3 Å². The number of rotatable bonds is 4. The summed E-state index contributed by atoms with van der Waals surface area (Å²) in [6, 6.07) is 13.8. The van der Waals surface area contributed by atoms with Gasteiger partial charge in [-0.2, -0.15) is 0 Å². The molecule has 6 nitrogen and oxygen atoms in total. The van der Waals surface area contributed by atoms with Gasteiger partial charge in [0.05, 0.1) is 13.2 Å². The molecule has 2 heterocycles. The largest absolute Gasteiger partial charge is 0.483 e. The molecule has 2 aliphatic heterocycles. The van der Waals surface area contributed by atoms with Crippen LogP contribution in [0.3, 0.4) is 0 Å². The zero-order chi connectivity index (χ0) is 19.3. The normalized spacial score (nSPS) is 18.3. The van der Waals surface area contributed by atoms with Gasteiger partial charge in [0.15, 0.2) is 6.61 Å². The van der Waals surface area contributed by atoms with E-state index in [1.807, 2.05) is 52.3 Å². The minimum absolute atomic E-state index is 0.0149. The first-order valence-corrected chi connectivity index (χ1v) is 9.97. The van der Waals surface area contributed by atoms with Crippen molar-refractivity contribution >= 4 is 22.6 Å². The Bertz CT molecular complexity index is 834. The zero-order valence-corrected chi connectivity index (χ0v) is 16.0. The summed E-state index contributed by atoms with van der Waals surface area (Å²) in [4.78, 5) is 28.9. The molecule has 0 bridgehead atoms. The molecular weight excluding hydrogens is 356 g/mol. The number of benzene rings is 2. The summed E-state index contributed by atoms with van der Waals surface area (Å²) < 4.78 is 11.1. The van der Waals surface area contributed by atoms with Crippen LogP contribution in [-0.2, 0) is 14.3 Å². The van der Waals surface area contributed by atoms with Gasteiger partial charge in [0.2, 0.25) is 5.91 Å². The van der Waals surface area contributed by atoms with Crippen LogP contribution in [0.15, 0.2) is 42.5 Å². The summed E-state index contributed by atoms with van der Waals surface area (Å²) in [5.41, 5.74) is 0. The number of amides is 2. The Labute approximate surface area is 165 Å². The maximum Gasteiger partial charge on any atom is 0.260 e. The zero-order valence-electron chi connectivity index (χ0n) is 16.0. The van der Waals surface area contributed by atoms with Crippen molar-refractivity contribution in [2.45, 2.75) is 12.8 Å². The summed E-state index contributed by atoms with van der Waals surface area (Å²) in [7, 11) is 0. The van der Waals surface area contributed by atoms with E-state index in [1.165, 1.54) is 0 Å². The molecule has 4 rings (SSSR count). The lowest BCUT2D eigenvalue weighted by molar-refractivity contribution is -0.144. The van der Waals surface area contributed by atoms with Gasteiger partial charge in [0.1, 0.15) is 5.75 Å². The van der Waals surface area contributed by atoms with E-state index >= 15 is 0 Å². The minimum atomic E-state index is -0.0230. The first kappa shape index (κ1) is 18.7. The maximum absolute atomic E-state index is 12.6. The van der Waals surface area contributed by atoms with Gasteiger partial charge in [-0.1, -0.05) is 36.4 Å². The second-order valence-electron chi connectivity index (χ2n) is 7.36. The number of carbonyl (C=O) groups excluding carboxylic acids is 2. The molecule has 0 unspecified atom stereocenters. The van der Waals surface area contributed by atoms with E-state index < -0.39 is 0 Å². The Morgan fingerprint density at radius 3 is 2.43 bits per heavy atom. The van der Waals surface area contributed by atoms with E-state index in [9.17, 15) is 9.59 Å². The fraction of sp³-hybridized carbons (Fsp3) is 0.455. The van der Waals surface area contributed by atoms with Gasteiger partial charge < -0.3 is 19.3 Å². The Kier molecular flexibility index (Phi) is 5.76. The minimum Gasteiger partial charge on any atom is -0.483 e. The molecule has 0 aromatic heterocycles. The molecular formula is C22H26N2O4. The molecule has 2 aromatic rings. The van der Waals surface area contributed by atoms with Gasteiger partial charge in [-0.15, -0.1) is 0 Å². The monoisotopic (exact) mass is 382 g/mol. The summed E-state index contributed by atoms with van der Waals surface area (Å²) in [6.07, 6.45) is 1.44. The molecule has 0 aliphatic carbocycles. The van der Waals surface area contributed by atoms with Crippen LogP contribution in [0.5, 0.6) is 5.75 Å². The molecule has 0 N–H and O–H groups in total. The SMILES string of the molecule is O=C(COc1cccc2ccccc12)N1CCC(C(=O)N2CCOCC2)CC1. The first-order chi connectivity index (χ1) is 13.7. The molecule has 0 atom stereocenters. The third-order valence-electron chi connectivity index (χ3n) is 5.62. The van der Waals surface area contributed by atoms with Gasteiger partial charge >= 0.3 is 0 Å². The van der Waals surface area contributed by atoms with Crippen LogP contribution in [0, 0.1) is 5.92 Å². The smallest absolute Gasteiger partial charge is 0.260 e. The number of piperidine rings is 1. The van der Waals surface area contributed by atoms with Crippen LogP contribution in [0.2, 0.25) is 0 Å². The molecule has 148 valence electrons. The van der Waals surface area contributed by atoms with Crippen molar-refractivity contribution in [3.05, 3.63) is 42.5 Å². The average Bonchev–Trinajstić information content (AvgIpc) is 2.77. The van der Waals surface area contributed by atoms with Crippen LogP contribution in [0.4, 0.5) is 0 Å². The molecule has 0 radical (unpaired) electrons. The summed E-state index contributed by atoms with van der Waals surface area (Å²) in [5.74, 6) is 0.928. The molecule has 2 aliphatic rings. The summed E-state index contributed by atoms with van der Waals surface area (Å²) >= 11 is 0. The Balaban J connectivity index is 1.29. The van der Waals surface area contributed by atoms with E-state index in [2.05, 4.69) is 0 Å². The molecule has 6 heteroatoms. The van der Waals surface area contributed by atoms with Crippen molar-refractivity contribution in [3.63, 3.8) is 0 Å². The van der Waals surface area contributed by atoms with Gasteiger partial charge in [-0.25, -0.2) is 0 Å². The number of carbonyl (C=O) groups is 2. The van der Waals surface area contributed by atoms with Crippen LogP contribution >= 0.6 is 0 Å². The van der Waals surface area contributed by atoms with Crippen molar-refractivity contribution in [2.24, 2.45) is 5.92 Å². The number of hydrogen-bond donors (Lipinski definition) is 0. The molecule has 28 heavy (non-hydrogen) atoms. The van der Waals surface area contributed by atoms with Crippen LogP contribution in [-0.4, -0.2) is 67.6 Å². The maximum atomic E-state index is 12.6. The third-order valence-corrected chi connectivity index (χ3v) is 5.62. The first-order valence-electron chi connectivity index (χ1n) is 9.97. The highest BCUT2D eigenvalue weighted by Gasteiger charge is 2.30. The molecule has 0 saturated carbocycles. The summed E-state index contributed by atoms with van der Waals surface area (Å²) in [5, 5.41) is 2.10. The molecule has 2 fully saturated rings. The average molecular weight is 382 g/mol. The number of fused-ring (bicyclic) bond motifs is 1. The molecule has 2 amide bonds. The molecule has 2 saturated heterocycles. The van der Waals surface area contributed by atoms with Crippen LogP contribution in [0.25, 0.3) is 10.8 Å². The van der Waals surface area contributed by atoms with Gasteiger partial charge in [0, 0.05) is 37.5 Å². The molecule has 2 aromatic carbocycles. The second kappa shape index (κ2) is 8.61. The topological polar surface area (TPSA) is 59.1 Å². The van der Waals surface area contributed by atoms with Crippen molar-refractivity contribution in [2.75, 3.05) is 46.0 Å². The highest BCUT2D eigenvalue weighted by atomic mass is 16.5. The Hall–Kier alpha value is -2.60. The fourth-order valence-electron chi connectivity index (χ4n) is 3.97. The Morgan fingerprint density at radius 1 is 0.929 bits per heavy atom. The fourth-order valence-corrected chi connectivity index (χ4v) is 3.97. The quantitative estimate of drug-likeness (QED) is 0.814. The van der Waals surface area contributed by atoms with Crippen molar-refractivity contribution in [1.82, 2.24) is 9.80 Å².